The van der Waals surface area contributed by atoms with Crippen LogP contribution in [0.1, 0.15) is 37.3 Å². The second-order valence-corrected chi connectivity index (χ2v) is 10.2. The topological polar surface area (TPSA) is 78.9 Å². The first-order chi connectivity index (χ1) is 15.3. The minimum absolute atomic E-state index is 0.166. The minimum Gasteiger partial charge on any atom is -0.481 e. The third-order valence-electron chi connectivity index (χ3n) is 5.80. The molecule has 1 aliphatic rings. The number of ether oxygens (including phenoxy) is 1. The number of amides is 1. The molecule has 1 fully saturated rings. The molecule has 1 aliphatic heterocycles. The van der Waals surface area contributed by atoms with Gasteiger partial charge in [0.1, 0.15) is 5.75 Å². The first-order valence-electron chi connectivity index (χ1n) is 11.1. The van der Waals surface area contributed by atoms with Gasteiger partial charge in [-0.2, -0.15) is 0 Å². The van der Waals surface area contributed by atoms with Crippen molar-refractivity contribution in [3.8, 4) is 5.75 Å². The predicted octanol–water partition coefficient (Wildman–Crippen LogP) is 3.15. The van der Waals surface area contributed by atoms with E-state index in [2.05, 4.69) is 22.3 Å². The number of nitrogens with one attached hydrogen (secondary N) is 1. The Kier molecular flexibility index (Phi) is 8.15. The summed E-state index contributed by atoms with van der Waals surface area (Å²) in [6.45, 7) is 5.53. The van der Waals surface area contributed by atoms with Gasteiger partial charge in [-0.1, -0.05) is 31.2 Å². The van der Waals surface area contributed by atoms with Gasteiger partial charge in [0.15, 0.2) is 6.10 Å². The fourth-order valence-corrected chi connectivity index (χ4v) is 4.28. The number of benzene rings is 2. The monoisotopic (exact) mass is 459 g/mol. The van der Waals surface area contributed by atoms with Crippen molar-refractivity contribution in [2.45, 2.75) is 45.4 Å². The number of carbonyl (C=O) groups excluding carboxylic acids is 1. The lowest BCUT2D eigenvalue weighted by Crippen LogP contribution is -2.37. The highest BCUT2D eigenvalue weighted by Gasteiger charge is 2.20. The zero-order valence-corrected chi connectivity index (χ0v) is 19.9. The summed E-state index contributed by atoms with van der Waals surface area (Å²) in [5, 5.41) is 3.02. The molecule has 2 aromatic rings. The van der Waals surface area contributed by atoms with E-state index in [4.69, 9.17) is 4.74 Å². The Bertz CT molecular complexity index is 1000. The first kappa shape index (κ1) is 24.1. The van der Waals surface area contributed by atoms with Crippen molar-refractivity contribution in [1.29, 1.82) is 0 Å². The molecule has 174 valence electrons. The second-order valence-electron chi connectivity index (χ2n) is 8.21. The summed E-state index contributed by atoms with van der Waals surface area (Å²) >= 11 is 0. The lowest BCUT2D eigenvalue weighted by Gasteiger charge is -2.20. The highest BCUT2D eigenvalue weighted by molar-refractivity contribution is 7.92. The van der Waals surface area contributed by atoms with E-state index >= 15 is 0 Å². The predicted molar refractivity (Wildman–Crippen MR) is 127 cm³/mol. The third-order valence-corrected chi connectivity index (χ3v) is 7.01. The molecule has 0 bridgehead atoms. The van der Waals surface area contributed by atoms with E-state index in [1.165, 1.54) is 29.8 Å². The van der Waals surface area contributed by atoms with Crippen LogP contribution < -0.4 is 14.4 Å². The van der Waals surface area contributed by atoms with E-state index in [0.717, 1.165) is 31.5 Å². The number of carbonyl (C=O) groups is 1. The Morgan fingerprint density at radius 1 is 1.09 bits per heavy atom. The van der Waals surface area contributed by atoms with Crippen molar-refractivity contribution in [3.05, 3.63) is 59.7 Å². The van der Waals surface area contributed by atoms with Crippen LogP contribution in [0.3, 0.4) is 0 Å². The van der Waals surface area contributed by atoms with Crippen molar-refractivity contribution < 1.29 is 17.9 Å². The molecule has 3 rings (SSSR count). The summed E-state index contributed by atoms with van der Waals surface area (Å²) in [7, 11) is -1.83. The van der Waals surface area contributed by atoms with Crippen molar-refractivity contribution in [2.75, 3.05) is 30.7 Å². The van der Waals surface area contributed by atoms with Gasteiger partial charge in [0.25, 0.3) is 5.91 Å². The van der Waals surface area contributed by atoms with Gasteiger partial charge in [-0.25, -0.2) is 8.42 Å². The fraction of sp³-hybridized carbons (Fsp3) is 0.458. The van der Waals surface area contributed by atoms with Crippen LogP contribution in [-0.4, -0.2) is 51.7 Å². The summed E-state index contributed by atoms with van der Waals surface area (Å²) in [6, 6.07) is 14.9. The van der Waals surface area contributed by atoms with Crippen LogP contribution in [0.2, 0.25) is 0 Å². The fourth-order valence-electron chi connectivity index (χ4n) is 3.77. The maximum absolute atomic E-state index is 12.8. The summed E-state index contributed by atoms with van der Waals surface area (Å²) < 4.78 is 30.4. The van der Waals surface area contributed by atoms with Gasteiger partial charge >= 0.3 is 0 Å². The molecule has 8 heteroatoms. The molecule has 0 unspecified atom stereocenters. The van der Waals surface area contributed by atoms with Gasteiger partial charge < -0.3 is 10.1 Å². The highest BCUT2D eigenvalue weighted by Crippen LogP contribution is 2.22. The first-order valence-corrected chi connectivity index (χ1v) is 12.9. The number of hydrogen-bond donors (Lipinski definition) is 1. The molecule has 1 amide bonds. The molecule has 1 heterocycles. The molecule has 0 aromatic heterocycles. The molecule has 0 saturated carbocycles. The van der Waals surface area contributed by atoms with Crippen molar-refractivity contribution in [1.82, 2.24) is 10.2 Å². The van der Waals surface area contributed by atoms with E-state index in [1.807, 2.05) is 19.1 Å². The normalized spacial score (nSPS) is 15.3. The number of hydrogen-bond acceptors (Lipinski definition) is 5. The van der Waals surface area contributed by atoms with Crippen LogP contribution in [0.15, 0.2) is 48.5 Å². The molecule has 2 aromatic carbocycles. The molecule has 0 spiro atoms. The minimum atomic E-state index is -3.33. The SMILES string of the molecule is CC[C@H](Oc1ccc(N(C)S(C)(=O)=O)cc1)C(=O)NCc1ccccc1CN1CCCC1. The third kappa shape index (κ3) is 6.46. The molecule has 1 atom stereocenters. The van der Waals surface area contributed by atoms with E-state index in [9.17, 15) is 13.2 Å². The average molecular weight is 460 g/mol. The summed E-state index contributed by atoms with van der Waals surface area (Å²) in [4.78, 5) is 15.2. The molecule has 7 nitrogen and oxygen atoms in total. The highest BCUT2D eigenvalue weighted by atomic mass is 32.2. The summed E-state index contributed by atoms with van der Waals surface area (Å²) in [5.41, 5.74) is 2.90. The smallest absolute Gasteiger partial charge is 0.261 e. The van der Waals surface area contributed by atoms with Gasteiger partial charge in [0.05, 0.1) is 11.9 Å². The van der Waals surface area contributed by atoms with E-state index < -0.39 is 16.1 Å². The lowest BCUT2D eigenvalue weighted by molar-refractivity contribution is -0.128. The summed E-state index contributed by atoms with van der Waals surface area (Å²) in [6.07, 6.45) is 3.55. The Balaban J connectivity index is 1.58. The molecule has 1 saturated heterocycles. The Morgan fingerprint density at radius 3 is 2.31 bits per heavy atom. The quantitative estimate of drug-likeness (QED) is 0.591. The largest absolute Gasteiger partial charge is 0.481 e. The second kappa shape index (κ2) is 10.8. The van der Waals surface area contributed by atoms with E-state index in [1.54, 1.807) is 24.3 Å². The number of anilines is 1. The van der Waals surface area contributed by atoms with Crippen LogP contribution in [0.4, 0.5) is 5.69 Å². The molecule has 0 aliphatic carbocycles. The Hall–Kier alpha value is -2.58. The molecular formula is C24H33N3O4S. The maximum atomic E-state index is 12.8. The van der Waals surface area contributed by atoms with E-state index in [-0.39, 0.29) is 5.91 Å². The molecule has 32 heavy (non-hydrogen) atoms. The van der Waals surface area contributed by atoms with Crippen LogP contribution in [0, 0.1) is 0 Å². The van der Waals surface area contributed by atoms with Crippen molar-refractivity contribution in [2.24, 2.45) is 0 Å². The summed E-state index contributed by atoms with van der Waals surface area (Å²) in [5.74, 6) is 0.355. The maximum Gasteiger partial charge on any atom is 0.261 e. The number of rotatable bonds is 10. The zero-order valence-electron chi connectivity index (χ0n) is 19.1. The average Bonchev–Trinajstić information content (AvgIpc) is 3.29. The number of sulfonamides is 1. The molecule has 1 N–H and O–H groups in total. The van der Waals surface area contributed by atoms with Gasteiger partial charge in [-0.3, -0.25) is 14.0 Å². The molecular weight excluding hydrogens is 426 g/mol. The number of likely N-dealkylation sites (tertiary alicyclic amines) is 1. The van der Waals surface area contributed by atoms with Gasteiger partial charge in [0, 0.05) is 20.1 Å². The van der Waals surface area contributed by atoms with Gasteiger partial charge in [-0.05, 0) is 67.7 Å². The van der Waals surface area contributed by atoms with Crippen molar-refractivity contribution in [3.63, 3.8) is 0 Å². The van der Waals surface area contributed by atoms with Crippen LogP contribution in [0.25, 0.3) is 0 Å². The van der Waals surface area contributed by atoms with Crippen LogP contribution in [0.5, 0.6) is 5.75 Å². The van der Waals surface area contributed by atoms with Gasteiger partial charge in [0.2, 0.25) is 10.0 Å². The Morgan fingerprint density at radius 2 is 1.72 bits per heavy atom. The van der Waals surface area contributed by atoms with Crippen molar-refractivity contribution >= 4 is 21.6 Å². The zero-order chi connectivity index (χ0) is 23.1. The van der Waals surface area contributed by atoms with E-state index in [0.29, 0.717) is 24.4 Å². The van der Waals surface area contributed by atoms with Gasteiger partial charge in [-0.15, -0.1) is 0 Å². The lowest BCUT2D eigenvalue weighted by atomic mass is 10.1. The van der Waals surface area contributed by atoms with Crippen LogP contribution >= 0.6 is 0 Å². The number of nitrogens with zero attached hydrogens (tertiary/aromatic N) is 2. The Labute approximate surface area is 191 Å². The van der Waals surface area contributed by atoms with Crippen LogP contribution in [-0.2, 0) is 27.9 Å². The molecule has 0 radical (unpaired) electrons. The standard InChI is InChI=1S/C24H33N3O4S/c1-4-23(31-22-13-11-21(12-14-22)26(2)32(3,29)30)24(28)25-17-19-9-5-6-10-20(19)18-27-15-7-8-16-27/h5-6,9-14,23H,4,7-8,15-18H2,1-3H3,(H,25,28)/t23-/m0/s1.